The third-order valence-electron chi connectivity index (χ3n) is 4.85. The van der Waals surface area contributed by atoms with E-state index in [-0.39, 0.29) is 18.0 Å². The Bertz CT molecular complexity index is 988. The highest BCUT2D eigenvalue weighted by atomic mass is 32.2. The van der Waals surface area contributed by atoms with Crippen LogP contribution >= 0.6 is 0 Å². The van der Waals surface area contributed by atoms with Crippen LogP contribution in [-0.2, 0) is 19.9 Å². The van der Waals surface area contributed by atoms with Crippen molar-refractivity contribution >= 4 is 19.9 Å². The zero-order chi connectivity index (χ0) is 18.9. The fourth-order valence-corrected chi connectivity index (χ4v) is 5.83. The van der Waals surface area contributed by atoms with E-state index in [2.05, 4.69) is 6.07 Å². The number of sulfonamides is 1. The van der Waals surface area contributed by atoms with E-state index >= 15 is 0 Å². The summed E-state index contributed by atoms with van der Waals surface area (Å²) >= 11 is 0. The predicted octanol–water partition coefficient (Wildman–Crippen LogP) is 2.86. The first-order valence-corrected chi connectivity index (χ1v) is 11.9. The van der Waals surface area contributed by atoms with Gasteiger partial charge >= 0.3 is 0 Å². The molecule has 0 amide bonds. The lowest BCUT2D eigenvalue weighted by atomic mass is 10.0. The van der Waals surface area contributed by atoms with E-state index in [1.165, 1.54) is 10.6 Å². The van der Waals surface area contributed by atoms with Crippen LogP contribution in [0.4, 0.5) is 0 Å². The van der Waals surface area contributed by atoms with Crippen LogP contribution in [0.2, 0.25) is 0 Å². The monoisotopic (exact) mass is 393 g/mol. The average molecular weight is 394 g/mol. The van der Waals surface area contributed by atoms with Crippen LogP contribution in [0.5, 0.6) is 0 Å². The Balaban J connectivity index is 1.78. The van der Waals surface area contributed by atoms with E-state index < -0.39 is 25.1 Å². The van der Waals surface area contributed by atoms with Crippen molar-refractivity contribution in [2.75, 3.05) is 19.3 Å². The maximum Gasteiger partial charge on any atom is 0.243 e. The quantitative estimate of drug-likeness (QED) is 0.801. The van der Waals surface area contributed by atoms with Crippen molar-refractivity contribution in [3.8, 4) is 11.1 Å². The number of nitrogens with zero attached hydrogens (tertiary/aromatic N) is 1. The minimum atomic E-state index is -3.60. The Morgan fingerprint density at radius 1 is 0.885 bits per heavy atom. The summed E-state index contributed by atoms with van der Waals surface area (Å²) in [5.41, 5.74) is 3.15. The largest absolute Gasteiger partial charge is 0.243 e. The molecule has 7 heteroatoms. The number of hydrogen-bond acceptors (Lipinski definition) is 4. The normalized spacial score (nSPS) is 17.3. The van der Waals surface area contributed by atoms with Crippen LogP contribution in [0.3, 0.4) is 0 Å². The van der Waals surface area contributed by atoms with Crippen LogP contribution in [-0.4, -0.2) is 45.7 Å². The third-order valence-corrected chi connectivity index (χ3v) is 8.45. The second-order valence-corrected chi connectivity index (χ2v) is 11.1. The number of benzene rings is 2. The molecule has 2 aromatic carbocycles. The van der Waals surface area contributed by atoms with E-state index in [1.807, 2.05) is 37.3 Å². The SMILES string of the molecule is Cc1cccc(-c2ccc(S(=O)(=O)N3CCC(S(C)(=O)=O)CC3)cc2)c1. The molecule has 0 aliphatic carbocycles. The first-order chi connectivity index (χ1) is 12.2. The molecule has 1 fully saturated rings. The van der Waals surface area contributed by atoms with Gasteiger partial charge in [0.1, 0.15) is 9.84 Å². The van der Waals surface area contributed by atoms with Crippen molar-refractivity contribution in [1.29, 1.82) is 0 Å². The van der Waals surface area contributed by atoms with Crippen molar-refractivity contribution in [2.24, 2.45) is 0 Å². The molecule has 1 heterocycles. The average Bonchev–Trinajstić information content (AvgIpc) is 2.61. The molecule has 1 aliphatic rings. The van der Waals surface area contributed by atoms with Crippen LogP contribution in [0.25, 0.3) is 11.1 Å². The van der Waals surface area contributed by atoms with Gasteiger partial charge in [-0.3, -0.25) is 0 Å². The first kappa shape index (κ1) is 19.1. The molecule has 0 saturated carbocycles. The standard InChI is InChI=1S/C19H23NO4S2/c1-15-4-3-5-17(14-15)16-6-8-19(9-7-16)26(23,24)20-12-10-18(11-13-20)25(2,21)22/h3-9,14,18H,10-13H2,1-2H3. The van der Waals surface area contributed by atoms with Crippen molar-refractivity contribution in [1.82, 2.24) is 4.31 Å². The molecule has 0 aromatic heterocycles. The van der Waals surface area contributed by atoms with Gasteiger partial charge in [0.05, 0.1) is 10.1 Å². The Kier molecular flexibility index (Phi) is 5.23. The Morgan fingerprint density at radius 3 is 2.04 bits per heavy atom. The molecule has 1 saturated heterocycles. The molecule has 5 nitrogen and oxygen atoms in total. The summed E-state index contributed by atoms with van der Waals surface area (Å²) in [6.07, 6.45) is 1.91. The molecule has 3 rings (SSSR count). The van der Waals surface area contributed by atoms with Crippen LogP contribution in [0.1, 0.15) is 18.4 Å². The topological polar surface area (TPSA) is 71.5 Å². The van der Waals surface area contributed by atoms with Crippen molar-refractivity contribution in [3.63, 3.8) is 0 Å². The highest BCUT2D eigenvalue weighted by molar-refractivity contribution is 7.91. The fraction of sp³-hybridized carbons (Fsp3) is 0.368. The van der Waals surface area contributed by atoms with E-state index in [1.54, 1.807) is 12.1 Å². The van der Waals surface area contributed by atoms with E-state index in [9.17, 15) is 16.8 Å². The van der Waals surface area contributed by atoms with E-state index in [0.717, 1.165) is 16.7 Å². The van der Waals surface area contributed by atoms with Gasteiger partial charge in [-0.1, -0.05) is 42.0 Å². The third kappa shape index (κ3) is 4.00. The molecule has 0 atom stereocenters. The number of sulfone groups is 1. The maximum atomic E-state index is 12.8. The van der Waals surface area contributed by atoms with Gasteiger partial charge in [0.25, 0.3) is 0 Å². The van der Waals surface area contributed by atoms with Gasteiger partial charge < -0.3 is 0 Å². The summed E-state index contributed by atoms with van der Waals surface area (Å²) in [5.74, 6) is 0. The molecular weight excluding hydrogens is 370 g/mol. The van der Waals surface area contributed by atoms with E-state index in [4.69, 9.17) is 0 Å². The number of aryl methyl sites for hydroxylation is 1. The van der Waals surface area contributed by atoms with Crippen molar-refractivity contribution in [3.05, 3.63) is 54.1 Å². The Morgan fingerprint density at radius 2 is 1.50 bits per heavy atom. The van der Waals surface area contributed by atoms with Gasteiger partial charge in [-0.15, -0.1) is 0 Å². The zero-order valence-corrected chi connectivity index (χ0v) is 16.6. The molecule has 0 bridgehead atoms. The van der Waals surface area contributed by atoms with Crippen molar-refractivity contribution in [2.45, 2.75) is 29.9 Å². The van der Waals surface area contributed by atoms with Crippen LogP contribution in [0, 0.1) is 6.92 Å². The predicted molar refractivity (Wildman–Crippen MR) is 103 cm³/mol. The molecule has 0 spiro atoms. The molecule has 1 aliphatic heterocycles. The molecule has 0 N–H and O–H groups in total. The summed E-state index contributed by atoms with van der Waals surface area (Å²) in [5, 5.41) is -0.447. The molecule has 0 radical (unpaired) electrons. The smallest absolute Gasteiger partial charge is 0.229 e. The summed E-state index contributed by atoms with van der Waals surface area (Å²) in [4.78, 5) is 0.242. The molecule has 0 unspecified atom stereocenters. The lowest BCUT2D eigenvalue weighted by molar-refractivity contribution is 0.346. The lowest BCUT2D eigenvalue weighted by Crippen LogP contribution is -2.42. The Hall–Kier alpha value is -1.70. The number of rotatable bonds is 4. The second kappa shape index (κ2) is 7.13. The maximum absolute atomic E-state index is 12.8. The van der Waals surface area contributed by atoms with Crippen LogP contribution in [0.15, 0.2) is 53.4 Å². The summed E-state index contributed by atoms with van der Waals surface area (Å²) in [6.45, 7) is 2.49. The molecular formula is C19H23NO4S2. The highest BCUT2D eigenvalue weighted by Gasteiger charge is 2.33. The summed E-state index contributed by atoms with van der Waals surface area (Å²) < 4.78 is 50.3. The highest BCUT2D eigenvalue weighted by Crippen LogP contribution is 2.26. The number of hydrogen-bond donors (Lipinski definition) is 0. The molecule has 2 aromatic rings. The van der Waals surface area contributed by atoms with Crippen molar-refractivity contribution < 1.29 is 16.8 Å². The Labute approximate surface area is 155 Å². The summed E-state index contributed by atoms with van der Waals surface area (Å²) in [7, 11) is -6.72. The minimum absolute atomic E-state index is 0.236. The van der Waals surface area contributed by atoms with Gasteiger partial charge in [-0.2, -0.15) is 4.31 Å². The van der Waals surface area contributed by atoms with Gasteiger partial charge in [-0.25, -0.2) is 16.8 Å². The first-order valence-electron chi connectivity index (χ1n) is 8.54. The lowest BCUT2D eigenvalue weighted by Gasteiger charge is -2.30. The second-order valence-electron chi connectivity index (χ2n) is 6.83. The zero-order valence-electron chi connectivity index (χ0n) is 14.9. The van der Waals surface area contributed by atoms with E-state index in [0.29, 0.717) is 12.8 Å². The van der Waals surface area contributed by atoms with Gasteiger partial charge in [-0.05, 0) is 43.0 Å². The van der Waals surface area contributed by atoms with Gasteiger partial charge in [0, 0.05) is 19.3 Å². The fourth-order valence-electron chi connectivity index (χ4n) is 3.29. The number of piperidine rings is 1. The molecule has 26 heavy (non-hydrogen) atoms. The van der Waals surface area contributed by atoms with Crippen LogP contribution < -0.4 is 0 Å². The minimum Gasteiger partial charge on any atom is -0.229 e. The molecule has 140 valence electrons. The van der Waals surface area contributed by atoms with Gasteiger partial charge in [0.2, 0.25) is 10.0 Å². The summed E-state index contributed by atoms with van der Waals surface area (Å²) in [6, 6.07) is 14.9. The van der Waals surface area contributed by atoms with Gasteiger partial charge in [0.15, 0.2) is 0 Å².